The van der Waals surface area contributed by atoms with Gasteiger partial charge in [-0.15, -0.1) is 0 Å². The van der Waals surface area contributed by atoms with Crippen LogP contribution in [0.4, 0.5) is 0 Å². The Morgan fingerprint density at radius 2 is 1.76 bits per heavy atom. The maximum atomic E-state index is 11.7. The lowest BCUT2D eigenvalue weighted by Gasteiger charge is -2.07. The molecule has 17 heavy (non-hydrogen) atoms. The summed E-state index contributed by atoms with van der Waals surface area (Å²) in [6.07, 6.45) is 0. The first kappa shape index (κ1) is 13.5. The second-order valence-corrected chi connectivity index (χ2v) is 3.90. The summed E-state index contributed by atoms with van der Waals surface area (Å²) in [7, 11) is 1.16. The molecule has 1 aromatic carbocycles. The van der Waals surface area contributed by atoms with Crippen molar-refractivity contribution in [3.05, 3.63) is 46.1 Å². The van der Waals surface area contributed by atoms with Crippen molar-refractivity contribution in [1.29, 1.82) is 0 Å². The number of nitrogens with one attached hydrogen (secondary N) is 1. The van der Waals surface area contributed by atoms with Crippen LogP contribution in [0.5, 0.6) is 0 Å². The van der Waals surface area contributed by atoms with Crippen molar-refractivity contribution in [1.82, 2.24) is 5.32 Å². The number of hydrogen-bond donors (Lipinski definition) is 1. The van der Waals surface area contributed by atoms with Gasteiger partial charge in [0.2, 0.25) is 0 Å². The van der Waals surface area contributed by atoms with Gasteiger partial charge in [-0.1, -0.05) is 41.4 Å². The zero-order chi connectivity index (χ0) is 12.8. The van der Waals surface area contributed by atoms with Crippen LogP contribution in [0.25, 0.3) is 0 Å². The number of methoxy groups -OCH3 is 1. The highest BCUT2D eigenvalue weighted by molar-refractivity contribution is 6.57. The number of halogens is 2. The molecule has 0 aliphatic heterocycles. The molecule has 0 aliphatic rings. The SMILES string of the molecule is COC(=O)C(NC(=O)c1ccccc1)=C(Cl)Cl. The monoisotopic (exact) mass is 273 g/mol. The molecule has 0 bridgehead atoms. The van der Waals surface area contributed by atoms with Gasteiger partial charge in [0.25, 0.3) is 5.91 Å². The summed E-state index contributed by atoms with van der Waals surface area (Å²) in [4.78, 5) is 23.0. The van der Waals surface area contributed by atoms with Crippen LogP contribution in [-0.4, -0.2) is 19.0 Å². The van der Waals surface area contributed by atoms with Crippen LogP contribution >= 0.6 is 23.2 Å². The molecule has 0 unspecified atom stereocenters. The van der Waals surface area contributed by atoms with Crippen molar-refractivity contribution in [2.45, 2.75) is 0 Å². The number of esters is 1. The Balaban J connectivity index is 2.87. The van der Waals surface area contributed by atoms with Gasteiger partial charge in [-0.3, -0.25) is 4.79 Å². The minimum absolute atomic E-state index is 0.287. The zero-order valence-electron chi connectivity index (χ0n) is 8.87. The van der Waals surface area contributed by atoms with Crippen molar-refractivity contribution < 1.29 is 14.3 Å². The number of hydrogen-bond acceptors (Lipinski definition) is 3. The molecule has 0 saturated heterocycles. The Bertz CT molecular complexity index is 453. The largest absolute Gasteiger partial charge is 0.464 e. The van der Waals surface area contributed by atoms with E-state index in [1.54, 1.807) is 30.3 Å². The van der Waals surface area contributed by atoms with E-state index in [0.29, 0.717) is 5.56 Å². The van der Waals surface area contributed by atoms with E-state index in [2.05, 4.69) is 10.1 Å². The predicted octanol–water partition coefficient (Wildman–Crippen LogP) is 2.24. The quantitative estimate of drug-likeness (QED) is 0.679. The molecular weight excluding hydrogens is 265 g/mol. The normalized spacial score (nSPS) is 9.35. The summed E-state index contributed by atoms with van der Waals surface area (Å²) in [5.41, 5.74) is 0.0909. The van der Waals surface area contributed by atoms with E-state index in [1.807, 2.05) is 0 Å². The minimum atomic E-state index is -0.811. The van der Waals surface area contributed by atoms with Crippen molar-refractivity contribution in [3.8, 4) is 0 Å². The molecule has 1 aromatic rings. The van der Waals surface area contributed by atoms with Crippen LogP contribution in [0.2, 0.25) is 0 Å². The summed E-state index contributed by atoms with van der Waals surface area (Å²) in [6.45, 7) is 0. The summed E-state index contributed by atoms with van der Waals surface area (Å²) in [5.74, 6) is -1.31. The third kappa shape index (κ3) is 3.76. The van der Waals surface area contributed by atoms with Gasteiger partial charge >= 0.3 is 5.97 Å². The fraction of sp³-hybridized carbons (Fsp3) is 0.0909. The maximum absolute atomic E-state index is 11.7. The third-order valence-corrected chi connectivity index (χ3v) is 2.23. The van der Waals surface area contributed by atoms with Crippen LogP contribution in [0.3, 0.4) is 0 Å². The molecule has 0 heterocycles. The summed E-state index contributed by atoms with van der Waals surface area (Å²) in [5, 5.41) is 2.29. The fourth-order valence-corrected chi connectivity index (χ4v) is 1.30. The van der Waals surface area contributed by atoms with E-state index < -0.39 is 11.9 Å². The number of benzene rings is 1. The van der Waals surface area contributed by atoms with E-state index in [9.17, 15) is 9.59 Å². The van der Waals surface area contributed by atoms with Crippen LogP contribution in [0.1, 0.15) is 10.4 Å². The topological polar surface area (TPSA) is 55.4 Å². The first-order valence-electron chi connectivity index (χ1n) is 4.56. The van der Waals surface area contributed by atoms with Gasteiger partial charge in [-0.2, -0.15) is 0 Å². The lowest BCUT2D eigenvalue weighted by atomic mass is 10.2. The number of rotatable bonds is 3. The lowest BCUT2D eigenvalue weighted by Crippen LogP contribution is -2.28. The second-order valence-electron chi connectivity index (χ2n) is 2.95. The van der Waals surface area contributed by atoms with Crippen LogP contribution in [-0.2, 0) is 9.53 Å². The molecule has 0 aliphatic carbocycles. The number of amides is 1. The van der Waals surface area contributed by atoms with Gasteiger partial charge in [-0.25, -0.2) is 4.79 Å². The summed E-state index contributed by atoms with van der Waals surface area (Å²) in [6, 6.07) is 8.33. The van der Waals surface area contributed by atoms with Crippen molar-refractivity contribution in [3.63, 3.8) is 0 Å². The maximum Gasteiger partial charge on any atom is 0.357 e. The van der Waals surface area contributed by atoms with Gasteiger partial charge in [0.15, 0.2) is 5.70 Å². The molecule has 0 aromatic heterocycles. The van der Waals surface area contributed by atoms with Gasteiger partial charge in [0.05, 0.1) is 7.11 Å². The van der Waals surface area contributed by atoms with Crippen LogP contribution in [0, 0.1) is 0 Å². The Hall–Kier alpha value is -1.52. The Morgan fingerprint density at radius 3 is 2.24 bits per heavy atom. The van der Waals surface area contributed by atoms with E-state index in [0.717, 1.165) is 7.11 Å². The molecule has 90 valence electrons. The van der Waals surface area contributed by atoms with E-state index in [1.165, 1.54) is 0 Å². The molecule has 0 saturated carbocycles. The highest BCUT2D eigenvalue weighted by Crippen LogP contribution is 2.14. The van der Waals surface area contributed by atoms with E-state index >= 15 is 0 Å². The molecule has 1 amide bonds. The van der Waals surface area contributed by atoms with Gasteiger partial charge in [-0.05, 0) is 12.1 Å². The molecule has 0 fully saturated rings. The number of carbonyl (C=O) groups is 2. The first-order chi connectivity index (χ1) is 8.06. The van der Waals surface area contributed by atoms with Crippen molar-refractivity contribution in [2.75, 3.05) is 7.11 Å². The molecular formula is C11H9Cl2NO3. The summed E-state index contributed by atoms with van der Waals surface area (Å²) >= 11 is 11.0. The Kier molecular flexibility index (Phi) is 5.00. The van der Waals surface area contributed by atoms with Gasteiger partial charge in [0.1, 0.15) is 4.49 Å². The van der Waals surface area contributed by atoms with E-state index in [4.69, 9.17) is 23.2 Å². The van der Waals surface area contributed by atoms with Crippen LogP contribution < -0.4 is 5.32 Å². The molecule has 0 atom stereocenters. The van der Waals surface area contributed by atoms with Crippen molar-refractivity contribution >= 4 is 35.1 Å². The van der Waals surface area contributed by atoms with Gasteiger partial charge in [0, 0.05) is 5.56 Å². The molecule has 1 N–H and O–H groups in total. The summed E-state index contributed by atoms with van der Waals surface area (Å²) < 4.78 is 4.07. The Labute approximate surface area is 108 Å². The van der Waals surface area contributed by atoms with E-state index in [-0.39, 0.29) is 10.2 Å². The van der Waals surface area contributed by atoms with Gasteiger partial charge < -0.3 is 10.1 Å². The lowest BCUT2D eigenvalue weighted by molar-refractivity contribution is -0.136. The van der Waals surface area contributed by atoms with Crippen molar-refractivity contribution in [2.24, 2.45) is 0 Å². The highest BCUT2D eigenvalue weighted by Gasteiger charge is 2.17. The molecule has 6 heteroatoms. The third-order valence-electron chi connectivity index (χ3n) is 1.85. The predicted molar refractivity (Wildman–Crippen MR) is 64.7 cm³/mol. The average molecular weight is 274 g/mol. The minimum Gasteiger partial charge on any atom is -0.464 e. The number of carbonyl (C=O) groups excluding carboxylic acids is 2. The smallest absolute Gasteiger partial charge is 0.357 e. The van der Waals surface area contributed by atoms with Crippen LogP contribution in [0.15, 0.2) is 40.5 Å². The molecule has 0 radical (unpaired) electrons. The molecule has 4 nitrogen and oxygen atoms in total. The first-order valence-corrected chi connectivity index (χ1v) is 5.32. The molecule has 1 rings (SSSR count). The second kappa shape index (κ2) is 6.27. The zero-order valence-corrected chi connectivity index (χ0v) is 10.4. The standard InChI is InChI=1S/C11H9Cl2NO3/c1-17-11(16)8(9(12)13)14-10(15)7-5-3-2-4-6-7/h2-6H,1H3,(H,14,15). The number of ether oxygens (including phenoxy) is 1. The Morgan fingerprint density at radius 1 is 1.18 bits per heavy atom. The average Bonchev–Trinajstić information content (AvgIpc) is 2.35. The molecule has 0 spiro atoms. The fourth-order valence-electron chi connectivity index (χ4n) is 1.05. The highest BCUT2D eigenvalue weighted by atomic mass is 35.5.